The molecule has 0 radical (unpaired) electrons. The van der Waals surface area contributed by atoms with Crippen LogP contribution in [0.25, 0.3) is 0 Å². The molecular formula is C19H27F2N3O4S. The van der Waals surface area contributed by atoms with Gasteiger partial charge < -0.3 is 10.1 Å². The van der Waals surface area contributed by atoms with Crippen LogP contribution in [0.15, 0.2) is 23.1 Å². The zero-order chi connectivity index (χ0) is 20.9. The summed E-state index contributed by atoms with van der Waals surface area (Å²) in [5, 5.41) is 2.92. The van der Waals surface area contributed by atoms with E-state index in [-0.39, 0.29) is 24.9 Å². The quantitative estimate of drug-likeness (QED) is 0.657. The standard InChI is InChI=1S/C19H27F2N3O4S/c20-16-2-3-17(21)18(14-16)29(26,27)24-8-4-15(5-9-24)19(25)22-6-1-7-23-10-12-28-13-11-23/h2-3,14-15H,1,4-13H2,(H,22,25). The molecule has 0 saturated carbocycles. The SMILES string of the molecule is O=C(NCCCN1CCOCC1)C1CCN(S(=O)(=O)c2cc(F)ccc2F)CC1. The largest absolute Gasteiger partial charge is 0.379 e. The number of nitrogens with one attached hydrogen (secondary N) is 1. The lowest BCUT2D eigenvalue weighted by molar-refractivity contribution is -0.126. The number of rotatable bonds is 7. The fraction of sp³-hybridized carbons (Fsp3) is 0.632. The lowest BCUT2D eigenvalue weighted by Crippen LogP contribution is -2.43. The van der Waals surface area contributed by atoms with Crippen LogP contribution >= 0.6 is 0 Å². The minimum Gasteiger partial charge on any atom is -0.379 e. The monoisotopic (exact) mass is 431 g/mol. The van der Waals surface area contributed by atoms with Crippen molar-refractivity contribution in [1.82, 2.24) is 14.5 Å². The summed E-state index contributed by atoms with van der Waals surface area (Å²) in [5.41, 5.74) is 0. The number of hydrogen-bond donors (Lipinski definition) is 1. The first-order valence-electron chi connectivity index (χ1n) is 9.91. The Morgan fingerprint density at radius 1 is 1.14 bits per heavy atom. The molecule has 0 atom stereocenters. The van der Waals surface area contributed by atoms with Crippen molar-refractivity contribution < 1.29 is 26.7 Å². The van der Waals surface area contributed by atoms with Crippen LogP contribution < -0.4 is 5.32 Å². The average Bonchev–Trinajstić information content (AvgIpc) is 2.73. The minimum atomic E-state index is -4.13. The molecule has 162 valence electrons. The summed E-state index contributed by atoms with van der Waals surface area (Å²) in [4.78, 5) is 14.0. The Morgan fingerprint density at radius 3 is 2.52 bits per heavy atom. The van der Waals surface area contributed by atoms with Gasteiger partial charge in [-0.25, -0.2) is 17.2 Å². The van der Waals surface area contributed by atoms with Crippen molar-refractivity contribution in [3.05, 3.63) is 29.8 Å². The lowest BCUT2D eigenvalue weighted by Gasteiger charge is -2.30. The number of nitrogens with zero attached hydrogens (tertiary/aromatic N) is 2. The lowest BCUT2D eigenvalue weighted by atomic mass is 9.97. The number of sulfonamides is 1. The van der Waals surface area contributed by atoms with E-state index in [4.69, 9.17) is 4.74 Å². The van der Waals surface area contributed by atoms with Crippen LogP contribution in [0.1, 0.15) is 19.3 Å². The Hall–Kier alpha value is -1.62. The number of carbonyl (C=O) groups is 1. The summed E-state index contributed by atoms with van der Waals surface area (Å²) in [6.07, 6.45) is 1.55. The Morgan fingerprint density at radius 2 is 1.83 bits per heavy atom. The first kappa shape index (κ1) is 22.1. The summed E-state index contributed by atoms with van der Waals surface area (Å²) >= 11 is 0. The summed E-state index contributed by atoms with van der Waals surface area (Å²) in [7, 11) is -4.13. The van der Waals surface area contributed by atoms with Gasteiger partial charge in [-0.05, 0) is 44.0 Å². The molecule has 29 heavy (non-hydrogen) atoms. The highest BCUT2D eigenvalue weighted by Gasteiger charge is 2.33. The molecule has 0 bridgehead atoms. The smallest absolute Gasteiger partial charge is 0.246 e. The predicted molar refractivity (Wildman–Crippen MR) is 103 cm³/mol. The van der Waals surface area contributed by atoms with Gasteiger partial charge in [-0.3, -0.25) is 9.69 Å². The van der Waals surface area contributed by atoms with Crippen molar-refractivity contribution in [3.8, 4) is 0 Å². The zero-order valence-electron chi connectivity index (χ0n) is 16.3. The van der Waals surface area contributed by atoms with Crippen molar-refractivity contribution in [2.45, 2.75) is 24.2 Å². The van der Waals surface area contributed by atoms with Gasteiger partial charge in [0.2, 0.25) is 15.9 Å². The molecule has 0 aromatic heterocycles. The van der Waals surface area contributed by atoms with Gasteiger partial charge in [0.25, 0.3) is 0 Å². The van der Waals surface area contributed by atoms with Crippen molar-refractivity contribution in [3.63, 3.8) is 0 Å². The molecule has 3 rings (SSSR count). The van der Waals surface area contributed by atoms with Gasteiger partial charge in [0.15, 0.2) is 0 Å². The first-order chi connectivity index (χ1) is 13.9. The van der Waals surface area contributed by atoms with Crippen LogP contribution in [0.5, 0.6) is 0 Å². The molecule has 2 saturated heterocycles. The highest BCUT2D eigenvalue weighted by molar-refractivity contribution is 7.89. The molecule has 7 nitrogen and oxygen atoms in total. The zero-order valence-corrected chi connectivity index (χ0v) is 17.1. The fourth-order valence-electron chi connectivity index (χ4n) is 3.66. The van der Waals surface area contributed by atoms with E-state index in [1.165, 1.54) is 0 Å². The van der Waals surface area contributed by atoms with Gasteiger partial charge >= 0.3 is 0 Å². The minimum absolute atomic E-state index is 0.0824. The molecule has 0 spiro atoms. The predicted octanol–water partition coefficient (Wildman–Crippen LogP) is 1.20. The van der Waals surface area contributed by atoms with Crippen LogP contribution in [0.4, 0.5) is 8.78 Å². The number of amides is 1. The van der Waals surface area contributed by atoms with E-state index >= 15 is 0 Å². The van der Waals surface area contributed by atoms with E-state index in [1.807, 2.05) is 0 Å². The normalized spacial score (nSPS) is 19.9. The van der Waals surface area contributed by atoms with Crippen LogP contribution in [-0.2, 0) is 19.6 Å². The molecule has 2 aliphatic rings. The van der Waals surface area contributed by atoms with Crippen LogP contribution in [-0.4, -0.2) is 76.0 Å². The summed E-state index contributed by atoms with van der Waals surface area (Å²) in [6, 6.07) is 2.38. The highest BCUT2D eigenvalue weighted by atomic mass is 32.2. The number of piperidine rings is 1. The summed E-state index contributed by atoms with van der Waals surface area (Å²) in [5.74, 6) is -2.15. The van der Waals surface area contributed by atoms with E-state index in [0.717, 1.165) is 55.7 Å². The van der Waals surface area contributed by atoms with E-state index in [0.29, 0.717) is 25.5 Å². The number of ether oxygens (including phenoxy) is 1. The summed E-state index contributed by atoms with van der Waals surface area (Å²) in [6.45, 7) is 4.98. The summed E-state index contributed by atoms with van der Waals surface area (Å²) < 4.78 is 58.9. The van der Waals surface area contributed by atoms with Gasteiger partial charge in [0.05, 0.1) is 13.2 Å². The molecule has 10 heteroatoms. The fourth-order valence-corrected chi connectivity index (χ4v) is 5.20. The van der Waals surface area contributed by atoms with Gasteiger partial charge in [0.1, 0.15) is 16.5 Å². The van der Waals surface area contributed by atoms with E-state index < -0.39 is 26.6 Å². The maximum Gasteiger partial charge on any atom is 0.246 e. The number of halogens is 2. The number of morpholine rings is 1. The maximum atomic E-state index is 13.9. The number of benzene rings is 1. The van der Waals surface area contributed by atoms with Gasteiger partial charge in [-0.1, -0.05) is 0 Å². The molecule has 1 N–H and O–H groups in total. The molecule has 1 aromatic carbocycles. The molecule has 2 heterocycles. The molecule has 0 unspecified atom stereocenters. The Bertz CT molecular complexity index is 808. The van der Waals surface area contributed by atoms with E-state index in [9.17, 15) is 22.0 Å². The second kappa shape index (κ2) is 9.92. The number of hydrogen-bond acceptors (Lipinski definition) is 5. The topological polar surface area (TPSA) is 79.0 Å². The van der Waals surface area contributed by atoms with Gasteiger partial charge in [-0.15, -0.1) is 0 Å². The molecular weight excluding hydrogens is 404 g/mol. The third-order valence-electron chi connectivity index (χ3n) is 5.39. The molecule has 1 amide bonds. The van der Waals surface area contributed by atoms with Crippen LogP contribution in [0, 0.1) is 17.6 Å². The van der Waals surface area contributed by atoms with Gasteiger partial charge in [-0.2, -0.15) is 4.31 Å². The average molecular weight is 432 g/mol. The molecule has 0 aliphatic carbocycles. The molecule has 2 fully saturated rings. The Balaban J connectivity index is 1.44. The maximum absolute atomic E-state index is 13.9. The van der Waals surface area contributed by atoms with Crippen molar-refractivity contribution in [2.75, 3.05) is 52.5 Å². The van der Waals surface area contributed by atoms with Crippen LogP contribution in [0.3, 0.4) is 0 Å². The van der Waals surface area contributed by atoms with Crippen LogP contribution in [0.2, 0.25) is 0 Å². The Kier molecular flexibility index (Phi) is 7.55. The molecule has 1 aromatic rings. The van der Waals surface area contributed by atoms with Gasteiger partial charge in [0, 0.05) is 38.6 Å². The van der Waals surface area contributed by atoms with Crippen molar-refractivity contribution in [1.29, 1.82) is 0 Å². The second-order valence-electron chi connectivity index (χ2n) is 7.35. The van der Waals surface area contributed by atoms with Crippen molar-refractivity contribution >= 4 is 15.9 Å². The second-order valence-corrected chi connectivity index (χ2v) is 9.26. The third-order valence-corrected chi connectivity index (χ3v) is 7.30. The number of carbonyl (C=O) groups excluding carboxylic acids is 1. The Labute approximate surface area is 170 Å². The van der Waals surface area contributed by atoms with E-state index in [1.54, 1.807) is 0 Å². The molecule has 2 aliphatic heterocycles. The third kappa shape index (κ3) is 5.71. The van der Waals surface area contributed by atoms with Crippen molar-refractivity contribution in [2.24, 2.45) is 5.92 Å². The first-order valence-corrected chi connectivity index (χ1v) is 11.3. The van der Waals surface area contributed by atoms with E-state index in [2.05, 4.69) is 10.2 Å². The highest BCUT2D eigenvalue weighted by Crippen LogP contribution is 2.26.